The second kappa shape index (κ2) is 6.34. The van der Waals surface area contributed by atoms with Gasteiger partial charge in [0.05, 0.1) is 21.8 Å². The molecule has 1 aromatic carbocycles. The summed E-state index contributed by atoms with van der Waals surface area (Å²) in [6.07, 6.45) is 3.39. The molecule has 1 amide bonds. The van der Waals surface area contributed by atoms with Crippen LogP contribution in [0.2, 0.25) is 0 Å². The first-order valence-electron chi connectivity index (χ1n) is 8.17. The Morgan fingerprint density at radius 1 is 1.23 bits per heavy atom. The third-order valence-electron chi connectivity index (χ3n) is 4.34. The number of para-hydroxylation sites is 1. The van der Waals surface area contributed by atoms with Gasteiger partial charge in [0.2, 0.25) is 0 Å². The Morgan fingerprint density at radius 3 is 2.65 bits per heavy atom. The minimum absolute atomic E-state index is 0.114. The SMILES string of the molecule is CCC(=O)C1=C(O)C(=O)N(c2nc3ccccc3s2)C1c1ccncc1. The highest BCUT2D eigenvalue weighted by Crippen LogP contribution is 2.43. The molecule has 4 rings (SSSR count). The van der Waals surface area contributed by atoms with Crippen LogP contribution < -0.4 is 4.90 Å². The van der Waals surface area contributed by atoms with Crippen LogP contribution in [-0.4, -0.2) is 26.8 Å². The van der Waals surface area contributed by atoms with Crippen molar-refractivity contribution in [1.29, 1.82) is 0 Å². The summed E-state index contributed by atoms with van der Waals surface area (Å²) >= 11 is 1.35. The van der Waals surface area contributed by atoms with Crippen molar-refractivity contribution in [2.75, 3.05) is 4.90 Å². The van der Waals surface area contributed by atoms with E-state index in [-0.39, 0.29) is 17.8 Å². The molecule has 1 unspecified atom stereocenters. The summed E-state index contributed by atoms with van der Waals surface area (Å²) in [4.78, 5) is 35.2. The fourth-order valence-electron chi connectivity index (χ4n) is 3.10. The number of fused-ring (bicyclic) bond motifs is 1. The topological polar surface area (TPSA) is 83.4 Å². The van der Waals surface area contributed by atoms with Gasteiger partial charge in [0.25, 0.3) is 5.91 Å². The molecule has 6 nitrogen and oxygen atoms in total. The van der Waals surface area contributed by atoms with Crippen molar-refractivity contribution in [2.45, 2.75) is 19.4 Å². The molecule has 0 radical (unpaired) electrons. The van der Waals surface area contributed by atoms with Gasteiger partial charge in [-0.3, -0.25) is 19.5 Å². The highest BCUT2D eigenvalue weighted by molar-refractivity contribution is 7.22. The number of rotatable bonds is 4. The lowest BCUT2D eigenvalue weighted by Crippen LogP contribution is -2.30. The Balaban J connectivity index is 1.90. The van der Waals surface area contributed by atoms with Gasteiger partial charge in [0.1, 0.15) is 0 Å². The van der Waals surface area contributed by atoms with Crippen molar-refractivity contribution < 1.29 is 14.7 Å². The molecule has 0 fully saturated rings. The molecule has 0 bridgehead atoms. The number of hydrogen-bond donors (Lipinski definition) is 1. The van der Waals surface area contributed by atoms with E-state index in [2.05, 4.69) is 9.97 Å². The summed E-state index contributed by atoms with van der Waals surface area (Å²) in [7, 11) is 0. The molecule has 1 aliphatic heterocycles. The molecule has 0 saturated carbocycles. The van der Waals surface area contributed by atoms with Gasteiger partial charge < -0.3 is 5.11 Å². The lowest BCUT2D eigenvalue weighted by molar-refractivity contribution is -0.118. The molecule has 7 heteroatoms. The predicted molar refractivity (Wildman–Crippen MR) is 99.0 cm³/mol. The summed E-state index contributed by atoms with van der Waals surface area (Å²) < 4.78 is 0.929. The molecule has 0 aliphatic carbocycles. The Labute approximate surface area is 153 Å². The maximum Gasteiger partial charge on any atom is 0.296 e. The van der Waals surface area contributed by atoms with E-state index in [1.807, 2.05) is 24.3 Å². The first kappa shape index (κ1) is 16.4. The van der Waals surface area contributed by atoms with Gasteiger partial charge in [-0.1, -0.05) is 30.4 Å². The normalized spacial score (nSPS) is 17.3. The monoisotopic (exact) mass is 365 g/mol. The molecule has 3 aromatic rings. The fourth-order valence-corrected chi connectivity index (χ4v) is 4.09. The van der Waals surface area contributed by atoms with Gasteiger partial charge in [-0.2, -0.15) is 0 Å². The number of carbonyl (C=O) groups is 2. The standard InChI is InChI=1S/C19H15N3O3S/c1-2-13(23)15-16(11-7-9-20-10-8-11)22(18(25)17(15)24)19-21-12-5-3-4-6-14(12)26-19/h3-10,16,24H,2H2,1H3. The molecule has 1 aliphatic rings. The highest BCUT2D eigenvalue weighted by Gasteiger charge is 2.45. The third kappa shape index (κ3) is 2.48. The van der Waals surface area contributed by atoms with E-state index in [9.17, 15) is 14.7 Å². The van der Waals surface area contributed by atoms with Crippen molar-refractivity contribution in [3.63, 3.8) is 0 Å². The third-order valence-corrected chi connectivity index (χ3v) is 5.38. The number of anilines is 1. The summed E-state index contributed by atoms with van der Waals surface area (Å²) in [6.45, 7) is 1.71. The van der Waals surface area contributed by atoms with E-state index in [1.54, 1.807) is 31.5 Å². The Kier molecular flexibility index (Phi) is 4.00. The number of benzene rings is 1. The van der Waals surface area contributed by atoms with Gasteiger partial charge in [0.15, 0.2) is 16.7 Å². The second-order valence-corrected chi connectivity index (χ2v) is 6.87. The van der Waals surface area contributed by atoms with E-state index < -0.39 is 17.7 Å². The second-order valence-electron chi connectivity index (χ2n) is 5.86. The van der Waals surface area contributed by atoms with Crippen molar-refractivity contribution in [3.8, 4) is 0 Å². The van der Waals surface area contributed by atoms with Crippen LogP contribution in [0.4, 0.5) is 5.13 Å². The van der Waals surface area contributed by atoms with Crippen LogP contribution in [0.15, 0.2) is 60.1 Å². The van der Waals surface area contributed by atoms with E-state index >= 15 is 0 Å². The van der Waals surface area contributed by atoms with Crippen LogP contribution in [0.25, 0.3) is 10.2 Å². The first-order valence-corrected chi connectivity index (χ1v) is 8.99. The summed E-state index contributed by atoms with van der Waals surface area (Å²) in [5, 5.41) is 10.9. The zero-order chi connectivity index (χ0) is 18.3. The van der Waals surface area contributed by atoms with E-state index in [0.717, 1.165) is 10.2 Å². The maximum atomic E-state index is 12.8. The quantitative estimate of drug-likeness (QED) is 0.764. The van der Waals surface area contributed by atoms with Crippen LogP contribution in [0, 0.1) is 0 Å². The number of aromatic nitrogens is 2. The van der Waals surface area contributed by atoms with Crippen LogP contribution in [0.5, 0.6) is 0 Å². The van der Waals surface area contributed by atoms with Crippen LogP contribution in [-0.2, 0) is 9.59 Å². The molecule has 1 atom stereocenters. The number of pyridine rings is 1. The average molecular weight is 365 g/mol. The largest absolute Gasteiger partial charge is 0.503 e. The zero-order valence-electron chi connectivity index (χ0n) is 13.9. The van der Waals surface area contributed by atoms with E-state index in [0.29, 0.717) is 10.7 Å². The Hall–Kier alpha value is -3.06. The van der Waals surface area contributed by atoms with Gasteiger partial charge >= 0.3 is 0 Å². The smallest absolute Gasteiger partial charge is 0.296 e. The lowest BCUT2D eigenvalue weighted by atomic mass is 9.96. The minimum Gasteiger partial charge on any atom is -0.503 e. The summed E-state index contributed by atoms with van der Waals surface area (Å²) in [5.74, 6) is -1.37. The van der Waals surface area contributed by atoms with Crippen molar-refractivity contribution in [2.24, 2.45) is 0 Å². The number of nitrogens with zero attached hydrogens (tertiary/aromatic N) is 3. The van der Waals surface area contributed by atoms with Crippen molar-refractivity contribution >= 4 is 38.4 Å². The van der Waals surface area contributed by atoms with Crippen molar-refractivity contribution in [1.82, 2.24) is 9.97 Å². The van der Waals surface area contributed by atoms with E-state index in [4.69, 9.17) is 0 Å². The van der Waals surface area contributed by atoms with E-state index in [1.165, 1.54) is 16.2 Å². The first-order chi connectivity index (χ1) is 12.6. The molecule has 1 N–H and O–H groups in total. The molecule has 0 spiro atoms. The minimum atomic E-state index is -0.710. The molecular weight excluding hydrogens is 350 g/mol. The number of thiazole rings is 1. The highest BCUT2D eigenvalue weighted by atomic mass is 32.1. The van der Waals surface area contributed by atoms with Gasteiger partial charge in [0, 0.05) is 18.8 Å². The molecule has 3 heterocycles. The fraction of sp³-hybridized carbons (Fsp3) is 0.158. The average Bonchev–Trinajstić information content (AvgIpc) is 3.21. The van der Waals surface area contributed by atoms with Crippen molar-refractivity contribution in [3.05, 3.63) is 65.7 Å². The van der Waals surface area contributed by atoms with Gasteiger partial charge in [-0.15, -0.1) is 0 Å². The lowest BCUT2D eigenvalue weighted by Gasteiger charge is -2.24. The predicted octanol–water partition coefficient (Wildman–Crippen LogP) is 3.57. The zero-order valence-corrected chi connectivity index (χ0v) is 14.7. The van der Waals surface area contributed by atoms with Gasteiger partial charge in [-0.25, -0.2) is 4.98 Å². The number of amides is 1. The van der Waals surface area contributed by atoms with Crippen LogP contribution >= 0.6 is 11.3 Å². The molecule has 0 saturated heterocycles. The number of carbonyl (C=O) groups excluding carboxylic acids is 2. The van der Waals surface area contributed by atoms with Gasteiger partial charge in [-0.05, 0) is 29.8 Å². The van der Waals surface area contributed by atoms with Crippen LogP contribution in [0.3, 0.4) is 0 Å². The number of hydrogen-bond acceptors (Lipinski definition) is 6. The number of ketones is 1. The molecule has 26 heavy (non-hydrogen) atoms. The Morgan fingerprint density at radius 2 is 1.96 bits per heavy atom. The number of aliphatic hydroxyl groups excluding tert-OH is 1. The Bertz CT molecular complexity index is 1010. The number of Topliss-reactive ketones (excluding diaryl/α,β-unsaturated/α-hetero) is 1. The maximum absolute atomic E-state index is 12.8. The van der Waals surface area contributed by atoms with Crippen LogP contribution in [0.1, 0.15) is 24.9 Å². The summed E-state index contributed by atoms with van der Waals surface area (Å²) in [6, 6.07) is 10.3. The molecule has 2 aromatic heterocycles. The number of aliphatic hydroxyl groups is 1. The summed E-state index contributed by atoms with van der Waals surface area (Å²) in [5.41, 5.74) is 1.58. The molecular formula is C19H15N3O3S. The molecule has 130 valence electrons.